The van der Waals surface area contributed by atoms with E-state index >= 15 is 0 Å². The van der Waals surface area contributed by atoms with Gasteiger partial charge in [0.05, 0.1) is 6.61 Å². The van der Waals surface area contributed by atoms with Gasteiger partial charge in [0.1, 0.15) is 5.75 Å². The first-order valence-corrected chi connectivity index (χ1v) is 11.3. The third-order valence-corrected chi connectivity index (χ3v) is 5.02. The van der Waals surface area contributed by atoms with Gasteiger partial charge in [0.2, 0.25) is 0 Å². The molecule has 0 unspecified atom stereocenters. The molecule has 3 nitrogen and oxygen atoms in total. The number of unbranched alkanes of at least 4 members (excludes halogenated alkanes) is 1. The number of hydrogen-bond acceptors (Lipinski definition) is 2. The van der Waals surface area contributed by atoms with E-state index in [4.69, 9.17) is 43.1 Å². The number of aliphatic carboxylic acids is 1. The predicted molar refractivity (Wildman–Crippen MR) is 86.0 cm³/mol. The Morgan fingerprint density at radius 2 is 2.05 bits per heavy atom. The molecule has 0 aliphatic heterocycles. The first kappa shape index (κ1) is 17.4. The SMILES string of the molecule is O=C(O)C=Cc1cccc(OCCCC[Si](Cl)(Cl)Cl)c1. The third kappa shape index (κ3) is 8.48. The lowest BCUT2D eigenvalue weighted by Gasteiger charge is -2.09. The van der Waals surface area contributed by atoms with Crippen molar-refractivity contribution in [1.29, 1.82) is 0 Å². The van der Waals surface area contributed by atoms with Crippen molar-refractivity contribution in [3.63, 3.8) is 0 Å². The van der Waals surface area contributed by atoms with E-state index in [0.29, 0.717) is 18.4 Å². The molecule has 0 aliphatic rings. The van der Waals surface area contributed by atoms with Gasteiger partial charge in [-0.2, -0.15) is 0 Å². The summed E-state index contributed by atoms with van der Waals surface area (Å²) in [6, 6.07) is 5.33. The normalized spacial score (nSPS) is 11.8. The highest BCUT2D eigenvalue weighted by Crippen LogP contribution is 2.27. The first-order valence-electron chi connectivity index (χ1n) is 6.07. The molecule has 0 bridgehead atoms. The Labute approximate surface area is 133 Å². The van der Waals surface area contributed by atoms with Crippen LogP contribution in [-0.2, 0) is 4.79 Å². The van der Waals surface area contributed by atoms with Crippen LogP contribution in [0, 0.1) is 0 Å². The van der Waals surface area contributed by atoms with E-state index in [1.807, 2.05) is 12.1 Å². The maximum atomic E-state index is 10.4. The van der Waals surface area contributed by atoms with Crippen LogP contribution < -0.4 is 4.74 Å². The highest BCUT2D eigenvalue weighted by Gasteiger charge is 2.23. The molecule has 1 aromatic carbocycles. The van der Waals surface area contributed by atoms with Gasteiger partial charge in [-0.25, -0.2) is 4.79 Å². The van der Waals surface area contributed by atoms with Crippen LogP contribution in [0.4, 0.5) is 0 Å². The Hall–Kier alpha value is -0.683. The molecular formula is C13H15Cl3O3Si. The van der Waals surface area contributed by atoms with Gasteiger partial charge >= 0.3 is 12.0 Å². The van der Waals surface area contributed by atoms with Crippen molar-refractivity contribution in [2.75, 3.05) is 6.61 Å². The second-order valence-electron chi connectivity index (χ2n) is 4.16. The standard InChI is InChI=1S/C13H15Cl3O3Si/c14-20(15,16)9-2-1-8-19-12-5-3-4-11(10-12)6-7-13(17)18/h3-7,10H,1-2,8-9H2,(H,17,18). The lowest BCUT2D eigenvalue weighted by molar-refractivity contribution is -0.131. The molecule has 0 amide bonds. The first-order chi connectivity index (χ1) is 9.37. The number of ether oxygens (including phenoxy) is 1. The zero-order chi connectivity index (χ0) is 15.0. The van der Waals surface area contributed by atoms with Crippen LogP contribution in [0.3, 0.4) is 0 Å². The monoisotopic (exact) mass is 352 g/mol. The van der Waals surface area contributed by atoms with Crippen molar-refractivity contribution in [2.24, 2.45) is 0 Å². The predicted octanol–water partition coefficient (Wildman–Crippen LogP) is 4.60. The minimum absolute atomic E-state index is 0.543. The number of carboxylic acid groups (broad SMARTS) is 1. The summed E-state index contributed by atoms with van der Waals surface area (Å²) >= 11 is 17.4. The Morgan fingerprint density at radius 1 is 1.30 bits per heavy atom. The minimum Gasteiger partial charge on any atom is -0.494 e. The Balaban J connectivity index is 2.37. The molecule has 0 aliphatic carbocycles. The molecule has 0 atom stereocenters. The molecule has 0 saturated heterocycles. The number of benzene rings is 1. The zero-order valence-corrected chi connectivity index (χ0v) is 14.0. The van der Waals surface area contributed by atoms with Gasteiger partial charge in [-0.3, -0.25) is 0 Å². The van der Waals surface area contributed by atoms with Gasteiger partial charge in [-0.1, -0.05) is 12.1 Å². The summed E-state index contributed by atoms with van der Waals surface area (Å²) in [6.45, 7) is 0.543. The number of rotatable bonds is 8. The quantitative estimate of drug-likeness (QED) is 0.321. The molecule has 0 fully saturated rings. The van der Waals surface area contributed by atoms with E-state index in [1.54, 1.807) is 12.1 Å². The maximum Gasteiger partial charge on any atom is 0.341 e. The highest BCUT2D eigenvalue weighted by molar-refractivity contribution is 7.64. The average Bonchev–Trinajstić information content (AvgIpc) is 2.35. The summed E-state index contributed by atoms with van der Waals surface area (Å²) in [7, 11) is 0. The Kier molecular flexibility index (Phi) is 7.44. The molecule has 110 valence electrons. The van der Waals surface area contributed by atoms with Crippen LogP contribution in [-0.4, -0.2) is 23.7 Å². The van der Waals surface area contributed by atoms with Crippen molar-refractivity contribution in [3.8, 4) is 5.75 Å². The van der Waals surface area contributed by atoms with Crippen molar-refractivity contribution in [1.82, 2.24) is 0 Å². The maximum absolute atomic E-state index is 10.4. The highest BCUT2D eigenvalue weighted by atomic mass is 35.8. The molecule has 1 rings (SSSR count). The summed E-state index contributed by atoms with van der Waals surface area (Å²) in [4.78, 5) is 10.4. The summed E-state index contributed by atoms with van der Waals surface area (Å²) in [5, 5.41) is 8.56. The van der Waals surface area contributed by atoms with Gasteiger partial charge in [0, 0.05) is 6.08 Å². The van der Waals surface area contributed by atoms with E-state index < -0.39 is 12.0 Å². The van der Waals surface area contributed by atoms with Gasteiger partial charge < -0.3 is 9.84 Å². The summed E-state index contributed by atoms with van der Waals surface area (Å²) < 4.78 is 5.57. The van der Waals surface area contributed by atoms with E-state index in [1.165, 1.54) is 6.08 Å². The van der Waals surface area contributed by atoms with Crippen molar-refractivity contribution >= 4 is 51.3 Å². The van der Waals surface area contributed by atoms with Crippen LogP contribution in [0.25, 0.3) is 6.08 Å². The molecule has 20 heavy (non-hydrogen) atoms. The number of carbonyl (C=O) groups is 1. The smallest absolute Gasteiger partial charge is 0.341 e. The van der Waals surface area contributed by atoms with Crippen LogP contribution >= 0.6 is 33.2 Å². The lowest BCUT2D eigenvalue weighted by Crippen LogP contribution is -2.09. The van der Waals surface area contributed by atoms with Crippen molar-refractivity contribution in [2.45, 2.75) is 18.9 Å². The fourth-order valence-corrected chi connectivity index (χ4v) is 3.35. The van der Waals surface area contributed by atoms with Gasteiger partial charge in [-0.15, -0.1) is 33.2 Å². The molecule has 0 spiro atoms. The number of halogens is 3. The second kappa shape index (κ2) is 8.57. The van der Waals surface area contributed by atoms with Crippen LogP contribution in [0.1, 0.15) is 18.4 Å². The van der Waals surface area contributed by atoms with Crippen LogP contribution in [0.2, 0.25) is 6.04 Å². The molecule has 1 aromatic rings. The van der Waals surface area contributed by atoms with Crippen molar-refractivity contribution < 1.29 is 14.6 Å². The largest absolute Gasteiger partial charge is 0.494 e. The number of hydrogen-bond donors (Lipinski definition) is 1. The molecule has 0 radical (unpaired) electrons. The van der Waals surface area contributed by atoms with Gasteiger partial charge in [0.25, 0.3) is 0 Å². The Morgan fingerprint density at radius 3 is 2.70 bits per heavy atom. The lowest BCUT2D eigenvalue weighted by atomic mass is 10.2. The number of carboxylic acids is 1. The second-order valence-corrected chi connectivity index (χ2v) is 13.4. The minimum atomic E-state index is -2.52. The Bertz CT molecular complexity index is 472. The average molecular weight is 354 g/mol. The van der Waals surface area contributed by atoms with Crippen LogP contribution in [0.5, 0.6) is 5.75 Å². The summed E-state index contributed by atoms with van der Waals surface area (Å²) in [6.07, 6.45) is 4.24. The van der Waals surface area contributed by atoms with Gasteiger partial charge in [0.15, 0.2) is 0 Å². The molecule has 0 aromatic heterocycles. The summed E-state index contributed by atoms with van der Waals surface area (Å²) in [5.74, 6) is -0.282. The van der Waals surface area contributed by atoms with Crippen molar-refractivity contribution in [3.05, 3.63) is 35.9 Å². The third-order valence-electron chi connectivity index (χ3n) is 2.40. The fraction of sp³-hybridized carbons (Fsp3) is 0.308. The van der Waals surface area contributed by atoms with E-state index in [9.17, 15) is 4.79 Å². The van der Waals surface area contributed by atoms with E-state index in [-0.39, 0.29) is 0 Å². The van der Waals surface area contributed by atoms with E-state index in [2.05, 4.69) is 0 Å². The zero-order valence-electron chi connectivity index (χ0n) is 10.7. The molecular weight excluding hydrogens is 339 g/mol. The van der Waals surface area contributed by atoms with E-state index in [0.717, 1.165) is 24.5 Å². The summed E-state index contributed by atoms with van der Waals surface area (Å²) in [5.41, 5.74) is 0.776. The van der Waals surface area contributed by atoms with Crippen LogP contribution in [0.15, 0.2) is 30.3 Å². The fourth-order valence-electron chi connectivity index (χ4n) is 1.49. The molecule has 0 heterocycles. The van der Waals surface area contributed by atoms with Gasteiger partial charge in [-0.05, 0) is 42.7 Å². The molecule has 7 heteroatoms. The molecule has 0 saturated carbocycles. The molecule has 1 N–H and O–H groups in total. The topological polar surface area (TPSA) is 46.5 Å².